The molecule has 0 aliphatic heterocycles. The molecule has 0 saturated heterocycles. The molecule has 1 atom stereocenters. The van der Waals surface area contributed by atoms with E-state index in [1.807, 2.05) is 18.7 Å². The fraction of sp³-hybridized carbons (Fsp3) is 0.926. The molecular weight excluding hydrogens is 434 g/mol. The number of rotatable bonds is 23. The van der Waals surface area contributed by atoms with E-state index in [1.165, 1.54) is 25.7 Å². The van der Waals surface area contributed by atoms with Gasteiger partial charge in [-0.05, 0) is 52.4 Å². The Bertz CT molecular complexity index is 482. The van der Waals surface area contributed by atoms with Crippen molar-refractivity contribution in [2.75, 3.05) is 33.0 Å². The van der Waals surface area contributed by atoms with E-state index in [2.05, 4.69) is 20.8 Å². The van der Waals surface area contributed by atoms with Crippen LogP contribution in [-0.4, -0.2) is 62.3 Å². The first-order valence-corrected chi connectivity index (χ1v) is 13.9. The first-order valence-electron chi connectivity index (χ1n) is 13.9. The quantitative estimate of drug-likeness (QED) is 0.0889. The summed E-state index contributed by atoms with van der Waals surface area (Å²) in [6.45, 7) is 12.4. The summed E-state index contributed by atoms with van der Waals surface area (Å²) >= 11 is 0. The predicted octanol–water partition coefficient (Wildman–Crippen LogP) is 6.87. The van der Waals surface area contributed by atoms with E-state index in [0.29, 0.717) is 32.8 Å². The zero-order chi connectivity index (χ0) is 25.4. The van der Waals surface area contributed by atoms with E-state index in [-0.39, 0.29) is 24.7 Å². The molecule has 202 valence electrons. The van der Waals surface area contributed by atoms with Crippen molar-refractivity contribution in [3.05, 3.63) is 0 Å². The van der Waals surface area contributed by atoms with Crippen molar-refractivity contribution >= 4 is 12.1 Å². The molecule has 0 aliphatic carbocycles. The van der Waals surface area contributed by atoms with Gasteiger partial charge in [0.2, 0.25) is 0 Å². The predicted molar refractivity (Wildman–Crippen MR) is 137 cm³/mol. The van der Waals surface area contributed by atoms with Crippen LogP contribution in [0.5, 0.6) is 0 Å². The molecule has 34 heavy (non-hydrogen) atoms. The van der Waals surface area contributed by atoms with E-state index in [1.54, 1.807) is 0 Å². The van der Waals surface area contributed by atoms with Gasteiger partial charge in [0.15, 0.2) is 6.29 Å². The Morgan fingerprint density at radius 2 is 1.38 bits per heavy atom. The van der Waals surface area contributed by atoms with Crippen LogP contribution in [0.2, 0.25) is 0 Å². The summed E-state index contributed by atoms with van der Waals surface area (Å²) in [7, 11) is 0. The van der Waals surface area contributed by atoms with Crippen molar-refractivity contribution < 1.29 is 28.5 Å². The highest BCUT2D eigenvalue weighted by Crippen LogP contribution is 2.17. The minimum absolute atomic E-state index is 0.0949. The third-order valence-electron chi connectivity index (χ3n) is 5.88. The van der Waals surface area contributed by atoms with Gasteiger partial charge in [-0.15, -0.1) is 0 Å². The van der Waals surface area contributed by atoms with Crippen LogP contribution in [0.1, 0.15) is 118 Å². The Kier molecular flexibility index (Phi) is 22.5. The van der Waals surface area contributed by atoms with Gasteiger partial charge in [-0.2, -0.15) is 0 Å². The molecular formula is C27H53NO6. The molecule has 0 saturated carbocycles. The molecule has 0 heterocycles. The topological polar surface area (TPSA) is 74.3 Å². The first kappa shape index (κ1) is 32.7. The van der Waals surface area contributed by atoms with Gasteiger partial charge in [0.05, 0.1) is 6.61 Å². The molecule has 0 aromatic carbocycles. The molecule has 0 rings (SSSR count). The van der Waals surface area contributed by atoms with Gasteiger partial charge >= 0.3 is 12.1 Å². The molecule has 0 spiro atoms. The minimum Gasteiger partial charge on any atom is -0.466 e. The van der Waals surface area contributed by atoms with Crippen molar-refractivity contribution in [1.29, 1.82) is 0 Å². The maximum Gasteiger partial charge on any atom is 0.410 e. The third-order valence-corrected chi connectivity index (χ3v) is 5.88. The Balaban J connectivity index is 4.73. The Hall–Kier alpha value is -1.34. The van der Waals surface area contributed by atoms with E-state index in [9.17, 15) is 9.59 Å². The van der Waals surface area contributed by atoms with Gasteiger partial charge in [0, 0.05) is 32.2 Å². The molecule has 0 aliphatic rings. The fourth-order valence-electron chi connectivity index (χ4n) is 3.87. The second-order valence-corrected chi connectivity index (χ2v) is 8.76. The minimum atomic E-state index is -0.530. The summed E-state index contributed by atoms with van der Waals surface area (Å²) in [5.74, 6) is -0.111. The molecule has 7 nitrogen and oxygen atoms in total. The normalized spacial score (nSPS) is 12.1. The average molecular weight is 488 g/mol. The second-order valence-electron chi connectivity index (χ2n) is 8.76. The molecule has 0 radical (unpaired) electrons. The summed E-state index contributed by atoms with van der Waals surface area (Å²) in [6, 6.07) is 0.108. The number of amides is 1. The standard InChI is InChI=1S/C27H53NO6/c1-6-11-13-14-15-17-21-28(27(30)34-23-26(31-9-4)32-10-5)24(8-3)19-16-18-22-33-25(29)20-12-7-2/h24,26H,6-23H2,1-5H3. The van der Waals surface area contributed by atoms with Crippen LogP contribution >= 0.6 is 0 Å². The number of hydrogen-bond donors (Lipinski definition) is 0. The SMILES string of the molecule is CCCCCCCCN(C(=O)OCC(OCC)OCC)C(CC)CCCCOC(=O)CCCC. The number of unbranched alkanes of at least 4 members (excludes halogenated alkanes) is 7. The number of carbonyl (C=O) groups is 2. The summed E-state index contributed by atoms with van der Waals surface area (Å²) < 4.78 is 22.0. The summed E-state index contributed by atoms with van der Waals surface area (Å²) in [6.07, 6.45) is 12.0. The average Bonchev–Trinajstić information content (AvgIpc) is 2.83. The zero-order valence-corrected chi connectivity index (χ0v) is 22.8. The van der Waals surface area contributed by atoms with Crippen molar-refractivity contribution in [2.45, 2.75) is 130 Å². The van der Waals surface area contributed by atoms with Crippen LogP contribution in [0.25, 0.3) is 0 Å². The van der Waals surface area contributed by atoms with Crippen molar-refractivity contribution in [3.63, 3.8) is 0 Å². The van der Waals surface area contributed by atoms with E-state index in [0.717, 1.165) is 51.4 Å². The molecule has 7 heteroatoms. The lowest BCUT2D eigenvalue weighted by molar-refractivity contribution is -0.159. The smallest absolute Gasteiger partial charge is 0.410 e. The third kappa shape index (κ3) is 17.1. The van der Waals surface area contributed by atoms with Crippen LogP contribution in [0.4, 0.5) is 4.79 Å². The van der Waals surface area contributed by atoms with Gasteiger partial charge in [-0.25, -0.2) is 4.79 Å². The molecule has 1 unspecified atom stereocenters. The lowest BCUT2D eigenvalue weighted by Gasteiger charge is -2.31. The molecule has 0 bridgehead atoms. The van der Waals surface area contributed by atoms with E-state index < -0.39 is 6.29 Å². The lowest BCUT2D eigenvalue weighted by Crippen LogP contribution is -2.42. The molecule has 1 amide bonds. The Morgan fingerprint density at radius 1 is 0.735 bits per heavy atom. The maximum absolute atomic E-state index is 13.0. The highest BCUT2D eigenvalue weighted by molar-refractivity contribution is 5.69. The zero-order valence-electron chi connectivity index (χ0n) is 22.8. The summed E-state index contributed by atoms with van der Waals surface area (Å²) in [5.41, 5.74) is 0. The number of hydrogen-bond acceptors (Lipinski definition) is 6. The Labute approximate surface area is 209 Å². The molecule has 0 aromatic rings. The highest BCUT2D eigenvalue weighted by Gasteiger charge is 2.24. The fourth-order valence-corrected chi connectivity index (χ4v) is 3.87. The summed E-state index contributed by atoms with van der Waals surface area (Å²) in [4.78, 5) is 26.6. The summed E-state index contributed by atoms with van der Waals surface area (Å²) in [5, 5.41) is 0. The van der Waals surface area contributed by atoms with Gasteiger partial charge < -0.3 is 23.8 Å². The van der Waals surface area contributed by atoms with Gasteiger partial charge in [-0.1, -0.05) is 59.3 Å². The Morgan fingerprint density at radius 3 is 2.00 bits per heavy atom. The van der Waals surface area contributed by atoms with E-state index in [4.69, 9.17) is 18.9 Å². The maximum atomic E-state index is 13.0. The first-order chi connectivity index (χ1) is 16.5. The molecule has 0 fully saturated rings. The van der Waals surface area contributed by atoms with Crippen molar-refractivity contribution in [2.24, 2.45) is 0 Å². The monoisotopic (exact) mass is 487 g/mol. The van der Waals surface area contributed by atoms with Crippen LogP contribution in [0.3, 0.4) is 0 Å². The van der Waals surface area contributed by atoms with Gasteiger partial charge in [-0.3, -0.25) is 4.79 Å². The van der Waals surface area contributed by atoms with Crippen molar-refractivity contribution in [1.82, 2.24) is 4.90 Å². The second kappa shape index (κ2) is 23.4. The van der Waals surface area contributed by atoms with Gasteiger partial charge in [0.1, 0.15) is 6.61 Å². The number of nitrogens with zero attached hydrogens (tertiary/aromatic N) is 1. The molecule has 0 N–H and O–H groups in total. The molecule has 0 aromatic heterocycles. The van der Waals surface area contributed by atoms with Crippen LogP contribution in [0, 0.1) is 0 Å². The number of ether oxygens (including phenoxy) is 4. The van der Waals surface area contributed by atoms with Crippen LogP contribution in [0.15, 0.2) is 0 Å². The lowest BCUT2D eigenvalue weighted by atomic mass is 10.0. The van der Waals surface area contributed by atoms with Crippen LogP contribution < -0.4 is 0 Å². The van der Waals surface area contributed by atoms with E-state index >= 15 is 0 Å². The highest BCUT2D eigenvalue weighted by atomic mass is 16.7. The largest absolute Gasteiger partial charge is 0.466 e. The number of carbonyl (C=O) groups excluding carboxylic acids is 2. The van der Waals surface area contributed by atoms with Crippen molar-refractivity contribution in [3.8, 4) is 0 Å². The van der Waals surface area contributed by atoms with Crippen LogP contribution in [-0.2, 0) is 23.7 Å². The number of esters is 1. The van der Waals surface area contributed by atoms with Gasteiger partial charge in [0.25, 0.3) is 0 Å².